The van der Waals surface area contributed by atoms with E-state index in [9.17, 15) is 4.79 Å². The lowest BCUT2D eigenvalue weighted by atomic mass is 10.1. The second-order valence-corrected chi connectivity index (χ2v) is 3.88. The van der Waals surface area contributed by atoms with E-state index in [0.29, 0.717) is 13.0 Å². The summed E-state index contributed by atoms with van der Waals surface area (Å²) in [6.07, 6.45) is 5.28. The predicted octanol–water partition coefficient (Wildman–Crippen LogP) is 2.69. The van der Waals surface area contributed by atoms with Crippen LogP contribution in [-0.2, 0) is 17.8 Å². The van der Waals surface area contributed by atoms with Crippen LogP contribution in [0.1, 0.15) is 12.0 Å². The second kappa shape index (κ2) is 5.31. The molecule has 0 saturated heterocycles. The Morgan fingerprint density at radius 2 is 1.69 bits per heavy atom. The zero-order chi connectivity index (χ0) is 11.2. The van der Waals surface area contributed by atoms with E-state index in [1.54, 1.807) is 0 Å². The maximum absolute atomic E-state index is 11.7. The molecule has 2 aromatic rings. The summed E-state index contributed by atoms with van der Waals surface area (Å²) in [6, 6.07) is 14.0. The third kappa shape index (κ3) is 3.09. The molecule has 2 nitrogen and oxygen atoms in total. The van der Waals surface area contributed by atoms with Crippen molar-refractivity contribution in [2.75, 3.05) is 0 Å². The Kier molecular flexibility index (Phi) is 3.54. The average Bonchev–Trinajstić information content (AvgIpc) is 2.81. The molecular weight excluding hydrogens is 198 g/mol. The first-order valence-corrected chi connectivity index (χ1v) is 5.51. The molecule has 0 atom stereocenters. The number of nitrogens with zero attached hydrogens (tertiary/aromatic N) is 1. The van der Waals surface area contributed by atoms with Gasteiger partial charge >= 0.3 is 0 Å². The Labute approximate surface area is 95.5 Å². The number of ketones is 1. The number of aromatic nitrogens is 1. The van der Waals surface area contributed by atoms with Gasteiger partial charge in [0.15, 0.2) is 5.78 Å². The Morgan fingerprint density at radius 1 is 1.00 bits per heavy atom. The van der Waals surface area contributed by atoms with E-state index >= 15 is 0 Å². The van der Waals surface area contributed by atoms with Crippen LogP contribution in [-0.4, -0.2) is 10.4 Å². The van der Waals surface area contributed by atoms with Crippen LogP contribution in [0.3, 0.4) is 0 Å². The highest BCUT2D eigenvalue weighted by Gasteiger charge is 2.02. The first-order valence-electron chi connectivity index (χ1n) is 5.51. The molecule has 1 aromatic carbocycles. The van der Waals surface area contributed by atoms with Gasteiger partial charge in [0.1, 0.15) is 0 Å². The highest BCUT2D eigenvalue weighted by molar-refractivity contribution is 5.78. The van der Waals surface area contributed by atoms with Crippen LogP contribution >= 0.6 is 0 Å². The normalized spacial score (nSPS) is 10.2. The molecule has 0 spiro atoms. The molecule has 0 amide bonds. The van der Waals surface area contributed by atoms with Gasteiger partial charge in [0.05, 0.1) is 6.54 Å². The van der Waals surface area contributed by atoms with Crippen LogP contribution in [0.4, 0.5) is 0 Å². The third-order valence-corrected chi connectivity index (χ3v) is 2.56. The fourth-order valence-corrected chi connectivity index (χ4v) is 1.69. The standard InChI is InChI=1S/C14H15NO/c16-14(12-15-10-4-5-11-15)9-8-13-6-2-1-3-7-13/h1-7,10-11H,8-9,12H2. The summed E-state index contributed by atoms with van der Waals surface area (Å²) in [6.45, 7) is 0.486. The molecule has 0 unspecified atom stereocenters. The molecule has 1 aromatic heterocycles. The van der Waals surface area contributed by atoms with Gasteiger partial charge in [-0.25, -0.2) is 0 Å². The summed E-state index contributed by atoms with van der Waals surface area (Å²) in [5.41, 5.74) is 1.23. The SMILES string of the molecule is O=C(CCc1ccccc1)Cn1cccc1. The predicted molar refractivity (Wildman–Crippen MR) is 64.2 cm³/mol. The van der Waals surface area contributed by atoms with Crippen molar-refractivity contribution in [2.24, 2.45) is 0 Å². The van der Waals surface area contributed by atoms with Crippen LogP contribution in [0, 0.1) is 0 Å². The Bertz CT molecular complexity index is 431. The molecule has 2 heteroatoms. The number of hydrogen-bond acceptors (Lipinski definition) is 1. The van der Waals surface area contributed by atoms with E-state index < -0.39 is 0 Å². The smallest absolute Gasteiger partial charge is 0.152 e. The average molecular weight is 213 g/mol. The van der Waals surface area contributed by atoms with Gasteiger partial charge in [0.25, 0.3) is 0 Å². The van der Waals surface area contributed by atoms with Gasteiger partial charge in [0.2, 0.25) is 0 Å². The molecule has 0 saturated carbocycles. The molecule has 0 radical (unpaired) electrons. The minimum Gasteiger partial charge on any atom is -0.347 e. The van der Waals surface area contributed by atoms with E-state index in [1.807, 2.05) is 47.3 Å². The Morgan fingerprint density at radius 3 is 2.38 bits per heavy atom. The molecule has 82 valence electrons. The highest BCUT2D eigenvalue weighted by atomic mass is 16.1. The molecule has 0 aliphatic carbocycles. The van der Waals surface area contributed by atoms with Gasteiger partial charge in [-0.1, -0.05) is 30.3 Å². The Hall–Kier alpha value is -1.83. The summed E-state index contributed by atoms with van der Waals surface area (Å²) in [7, 11) is 0. The van der Waals surface area contributed by atoms with Crippen LogP contribution in [0.25, 0.3) is 0 Å². The number of rotatable bonds is 5. The van der Waals surface area contributed by atoms with Crippen LogP contribution in [0.5, 0.6) is 0 Å². The van der Waals surface area contributed by atoms with Crippen LogP contribution in [0.2, 0.25) is 0 Å². The van der Waals surface area contributed by atoms with Gasteiger partial charge in [-0.3, -0.25) is 4.79 Å². The van der Waals surface area contributed by atoms with Crippen molar-refractivity contribution in [1.82, 2.24) is 4.57 Å². The molecule has 2 rings (SSSR count). The monoisotopic (exact) mass is 213 g/mol. The van der Waals surface area contributed by atoms with E-state index in [-0.39, 0.29) is 5.78 Å². The lowest BCUT2D eigenvalue weighted by Gasteiger charge is -2.02. The topological polar surface area (TPSA) is 22.0 Å². The number of hydrogen-bond donors (Lipinski definition) is 0. The zero-order valence-corrected chi connectivity index (χ0v) is 9.17. The van der Waals surface area contributed by atoms with Gasteiger partial charge in [-0.15, -0.1) is 0 Å². The van der Waals surface area contributed by atoms with Crippen molar-refractivity contribution < 1.29 is 4.79 Å². The van der Waals surface area contributed by atoms with E-state index in [0.717, 1.165) is 6.42 Å². The molecule has 0 aliphatic heterocycles. The first-order chi connectivity index (χ1) is 7.84. The highest BCUT2D eigenvalue weighted by Crippen LogP contribution is 2.03. The summed E-state index contributed by atoms with van der Waals surface area (Å²) < 4.78 is 1.91. The Balaban J connectivity index is 1.80. The van der Waals surface area contributed by atoms with Crippen molar-refractivity contribution in [3.63, 3.8) is 0 Å². The van der Waals surface area contributed by atoms with E-state index in [2.05, 4.69) is 12.1 Å². The summed E-state index contributed by atoms with van der Waals surface area (Å²) in [5.74, 6) is 0.278. The van der Waals surface area contributed by atoms with Gasteiger partial charge in [-0.2, -0.15) is 0 Å². The minimum absolute atomic E-state index is 0.278. The van der Waals surface area contributed by atoms with E-state index in [1.165, 1.54) is 5.56 Å². The fraction of sp³-hybridized carbons (Fsp3) is 0.214. The van der Waals surface area contributed by atoms with Crippen molar-refractivity contribution >= 4 is 5.78 Å². The number of carbonyl (C=O) groups excluding carboxylic acids is 1. The molecule has 0 N–H and O–H groups in total. The van der Waals surface area contributed by atoms with Crippen molar-refractivity contribution in [1.29, 1.82) is 0 Å². The molecule has 16 heavy (non-hydrogen) atoms. The van der Waals surface area contributed by atoms with Gasteiger partial charge < -0.3 is 4.57 Å². The lowest BCUT2D eigenvalue weighted by Crippen LogP contribution is -2.09. The fourth-order valence-electron chi connectivity index (χ4n) is 1.69. The summed E-state index contributed by atoms with van der Waals surface area (Å²) in [4.78, 5) is 11.7. The van der Waals surface area contributed by atoms with Gasteiger partial charge in [0, 0.05) is 18.8 Å². The minimum atomic E-state index is 0.278. The van der Waals surface area contributed by atoms with Crippen LogP contribution in [0.15, 0.2) is 54.9 Å². The number of Topliss-reactive ketones (excluding diaryl/α,β-unsaturated/α-hetero) is 1. The maximum Gasteiger partial charge on any atom is 0.152 e. The zero-order valence-electron chi connectivity index (χ0n) is 9.17. The van der Waals surface area contributed by atoms with Crippen molar-refractivity contribution in [3.05, 3.63) is 60.4 Å². The quantitative estimate of drug-likeness (QED) is 0.748. The maximum atomic E-state index is 11.7. The summed E-state index contributed by atoms with van der Waals surface area (Å²) >= 11 is 0. The number of aryl methyl sites for hydroxylation is 1. The van der Waals surface area contributed by atoms with Gasteiger partial charge in [-0.05, 0) is 24.1 Å². The number of benzene rings is 1. The first kappa shape index (κ1) is 10.7. The second-order valence-electron chi connectivity index (χ2n) is 3.88. The molecule has 1 heterocycles. The molecule has 0 bridgehead atoms. The lowest BCUT2D eigenvalue weighted by molar-refractivity contribution is -0.119. The molecule has 0 aliphatic rings. The van der Waals surface area contributed by atoms with Crippen molar-refractivity contribution in [3.8, 4) is 0 Å². The largest absolute Gasteiger partial charge is 0.347 e. The third-order valence-electron chi connectivity index (χ3n) is 2.56. The molecule has 0 fully saturated rings. The molecular formula is C14H15NO. The van der Waals surface area contributed by atoms with E-state index in [4.69, 9.17) is 0 Å². The number of carbonyl (C=O) groups is 1. The van der Waals surface area contributed by atoms with Crippen molar-refractivity contribution in [2.45, 2.75) is 19.4 Å². The summed E-state index contributed by atoms with van der Waals surface area (Å²) in [5, 5.41) is 0. The van der Waals surface area contributed by atoms with Crippen LogP contribution < -0.4 is 0 Å².